The number of hydrogen-bond acceptors (Lipinski definition) is 6. The van der Waals surface area contributed by atoms with Crippen LogP contribution in [0.15, 0.2) is 12.1 Å². The number of esters is 2. The Hall–Kier alpha value is -2.07. The Labute approximate surface area is 158 Å². The molecule has 1 heterocycles. The summed E-state index contributed by atoms with van der Waals surface area (Å²) in [4.78, 5) is 24.7. The lowest BCUT2D eigenvalue weighted by Crippen LogP contribution is -2.37. The molecule has 27 heavy (non-hydrogen) atoms. The van der Waals surface area contributed by atoms with Gasteiger partial charge in [-0.15, -0.1) is 0 Å². The van der Waals surface area contributed by atoms with Gasteiger partial charge in [0.2, 0.25) is 28.3 Å². The topological polar surface area (TPSA) is 75.8 Å². The van der Waals surface area contributed by atoms with Gasteiger partial charge in [-0.2, -0.15) is 8.97 Å². The number of halogens is 3. The molecule has 1 atom stereocenters. The van der Waals surface area contributed by atoms with Gasteiger partial charge in [0.15, 0.2) is 11.9 Å². The Bertz CT molecular complexity index is 753. The van der Waals surface area contributed by atoms with E-state index < -0.39 is 53.6 Å². The number of carbonyl (C=O) groups excluding carboxylic acids is 2. The molecule has 2 rings (SSSR count). The molecule has 1 aliphatic rings. The Morgan fingerprint density at radius 1 is 1.19 bits per heavy atom. The fraction of sp³-hybridized carbons (Fsp3) is 0.471. The molecule has 0 fully saturated rings. The first-order chi connectivity index (χ1) is 12.9. The standard InChI is InChI=1S/C17H19F3NO5S/c1-3-25-16(23)12(17(24)26-4-2)15-21(9(7-22)8-27-15)11-6-5-10(18)13(19)14(11)20/h5-6,9,12,22H,3-4,7-8H2,1-2H3/q+1. The molecule has 0 radical (unpaired) electrons. The average Bonchev–Trinajstić information content (AvgIpc) is 3.04. The summed E-state index contributed by atoms with van der Waals surface area (Å²) < 4.78 is 52.3. The fourth-order valence-electron chi connectivity index (χ4n) is 2.63. The van der Waals surface area contributed by atoms with Crippen LogP contribution < -0.4 is 0 Å². The number of ether oxygens (including phenoxy) is 2. The molecular weight excluding hydrogens is 387 g/mol. The molecule has 0 aromatic heterocycles. The molecule has 10 heteroatoms. The number of hydrogen-bond donors (Lipinski definition) is 1. The molecule has 1 aromatic carbocycles. The molecular formula is C17H19F3NO5S+. The van der Waals surface area contributed by atoms with E-state index in [4.69, 9.17) is 9.47 Å². The maximum Gasteiger partial charge on any atom is 0.331 e. The van der Waals surface area contributed by atoms with E-state index in [9.17, 15) is 27.9 Å². The number of benzene rings is 1. The third-order valence-electron chi connectivity index (χ3n) is 3.80. The number of rotatable bonds is 7. The molecule has 0 bridgehead atoms. The Morgan fingerprint density at radius 3 is 2.30 bits per heavy atom. The van der Waals surface area contributed by atoms with Crippen LogP contribution in [0.4, 0.5) is 18.9 Å². The predicted molar refractivity (Wildman–Crippen MR) is 91.3 cm³/mol. The van der Waals surface area contributed by atoms with Gasteiger partial charge < -0.3 is 14.6 Å². The summed E-state index contributed by atoms with van der Waals surface area (Å²) in [6.07, 6.45) is 0. The average molecular weight is 406 g/mol. The summed E-state index contributed by atoms with van der Waals surface area (Å²) in [5, 5.41) is 9.63. The van der Waals surface area contributed by atoms with Crippen LogP contribution in [-0.4, -0.2) is 58.3 Å². The minimum atomic E-state index is -1.69. The van der Waals surface area contributed by atoms with Crippen molar-refractivity contribution in [2.45, 2.75) is 19.9 Å². The summed E-state index contributed by atoms with van der Waals surface area (Å²) in [6.45, 7) is 2.63. The van der Waals surface area contributed by atoms with E-state index in [1.165, 1.54) is 0 Å². The van der Waals surface area contributed by atoms with Crippen molar-refractivity contribution in [3.05, 3.63) is 29.6 Å². The smallest absolute Gasteiger partial charge is 0.331 e. The Balaban J connectivity index is 2.66. The summed E-state index contributed by atoms with van der Waals surface area (Å²) in [7, 11) is 0. The van der Waals surface area contributed by atoms with Crippen molar-refractivity contribution >= 4 is 34.4 Å². The first-order valence-corrected chi connectivity index (χ1v) is 9.22. The molecule has 6 nitrogen and oxygen atoms in total. The van der Waals surface area contributed by atoms with Crippen molar-refractivity contribution < 1.29 is 41.9 Å². The van der Waals surface area contributed by atoms with Crippen molar-refractivity contribution in [3.8, 4) is 0 Å². The summed E-state index contributed by atoms with van der Waals surface area (Å²) >= 11 is 1.01. The summed E-state index contributed by atoms with van der Waals surface area (Å²) in [6, 6.07) is 0.957. The van der Waals surface area contributed by atoms with Crippen LogP contribution in [0, 0.1) is 23.4 Å². The van der Waals surface area contributed by atoms with Gasteiger partial charge in [0, 0.05) is 6.07 Å². The van der Waals surface area contributed by atoms with Gasteiger partial charge >= 0.3 is 11.9 Å². The third kappa shape index (κ3) is 4.27. The minimum Gasteiger partial charge on any atom is -0.465 e. The van der Waals surface area contributed by atoms with E-state index in [0.29, 0.717) is 0 Å². The number of aliphatic hydroxyl groups excluding tert-OH is 1. The van der Waals surface area contributed by atoms with Gasteiger partial charge in [0.25, 0.3) is 0 Å². The lowest BCUT2D eigenvalue weighted by Gasteiger charge is -2.14. The highest BCUT2D eigenvalue weighted by Crippen LogP contribution is 2.33. The minimum absolute atomic E-state index is 0.00431. The maximum absolute atomic E-state index is 14.4. The fourth-order valence-corrected chi connectivity index (χ4v) is 3.99. The van der Waals surface area contributed by atoms with E-state index in [1.807, 2.05) is 0 Å². The molecule has 0 aliphatic carbocycles. The first kappa shape index (κ1) is 21.2. The molecule has 0 spiro atoms. The van der Waals surface area contributed by atoms with Crippen molar-refractivity contribution in [1.82, 2.24) is 0 Å². The van der Waals surface area contributed by atoms with Crippen LogP contribution in [0.5, 0.6) is 0 Å². The van der Waals surface area contributed by atoms with Crippen LogP contribution in [0.3, 0.4) is 0 Å². The third-order valence-corrected chi connectivity index (χ3v) is 5.08. The zero-order chi connectivity index (χ0) is 20.1. The van der Waals surface area contributed by atoms with E-state index in [0.717, 1.165) is 28.5 Å². The predicted octanol–water partition coefficient (Wildman–Crippen LogP) is 2.00. The van der Waals surface area contributed by atoms with E-state index in [1.54, 1.807) is 13.8 Å². The largest absolute Gasteiger partial charge is 0.465 e. The number of nitrogens with zero attached hydrogens (tertiary/aromatic N) is 1. The van der Waals surface area contributed by atoms with Gasteiger partial charge in [-0.3, -0.25) is 9.59 Å². The van der Waals surface area contributed by atoms with Crippen LogP contribution in [-0.2, 0) is 19.1 Å². The normalized spacial score (nSPS) is 16.8. The van der Waals surface area contributed by atoms with Gasteiger partial charge in [-0.05, 0) is 19.9 Å². The van der Waals surface area contributed by atoms with Crippen molar-refractivity contribution in [2.75, 3.05) is 25.6 Å². The van der Waals surface area contributed by atoms with Gasteiger partial charge in [0.05, 0.1) is 19.0 Å². The van der Waals surface area contributed by atoms with Crippen LogP contribution in [0.2, 0.25) is 0 Å². The van der Waals surface area contributed by atoms with Crippen LogP contribution >= 0.6 is 11.8 Å². The van der Waals surface area contributed by atoms with E-state index in [2.05, 4.69) is 0 Å². The highest BCUT2D eigenvalue weighted by atomic mass is 32.2. The first-order valence-electron chi connectivity index (χ1n) is 8.23. The second-order valence-electron chi connectivity index (χ2n) is 5.49. The highest BCUT2D eigenvalue weighted by Gasteiger charge is 2.48. The monoisotopic (exact) mass is 406 g/mol. The summed E-state index contributed by atoms with van der Waals surface area (Å²) in [5.74, 6) is -7.71. The highest BCUT2D eigenvalue weighted by molar-refractivity contribution is 8.14. The molecule has 1 aromatic rings. The molecule has 1 unspecified atom stereocenters. The van der Waals surface area contributed by atoms with Crippen molar-refractivity contribution in [2.24, 2.45) is 5.92 Å². The molecule has 1 N–H and O–H groups in total. The molecule has 148 valence electrons. The van der Waals surface area contributed by atoms with Crippen molar-refractivity contribution in [3.63, 3.8) is 0 Å². The quantitative estimate of drug-likeness (QED) is 0.323. The van der Waals surface area contributed by atoms with Gasteiger partial charge in [-0.1, -0.05) is 11.8 Å². The second-order valence-corrected chi connectivity index (χ2v) is 6.53. The molecule has 0 saturated carbocycles. The van der Waals surface area contributed by atoms with E-state index >= 15 is 0 Å². The molecule has 1 aliphatic heterocycles. The number of carbonyl (C=O) groups is 2. The van der Waals surface area contributed by atoms with Gasteiger partial charge in [0.1, 0.15) is 6.61 Å². The number of thioether (sulfide) groups is 1. The molecule has 0 saturated heterocycles. The Morgan fingerprint density at radius 2 is 1.78 bits per heavy atom. The van der Waals surface area contributed by atoms with Crippen LogP contribution in [0.1, 0.15) is 13.8 Å². The lowest BCUT2D eigenvalue weighted by atomic mass is 10.1. The zero-order valence-corrected chi connectivity index (χ0v) is 15.5. The van der Waals surface area contributed by atoms with Crippen LogP contribution in [0.25, 0.3) is 0 Å². The van der Waals surface area contributed by atoms with E-state index in [-0.39, 0.29) is 24.0 Å². The lowest BCUT2D eigenvalue weighted by molar-refractivity contribution is -0.480. The summed E-state index contributed by atoms with van der Waals surface area (Å²) in [5.41, 5.74) is -0.397. The second kappa shape index (κ2) is 9.23. The maximum atomic E-state index is 14.4. The SMILES string of the molecule is CCOC(=O)C(C(=O)OCC)C1=[N+](c2ccc(F)c(F)c2F)C(CO)CS1. The number of aliphatic hydroxyl groups is 1. The van der Waals surface area contributed by atoms with Crippen molar-refractivity contribution in [1.29, 1.82) is 0 Å². The molecule has 0 amide bonds. The Kier molecular flexibility index (Phi) is 7.25. The van der Waals surface area contributed by atoms with Gasteiger partial charge in [-0.25, -0.2) is 8.78 Å². The zero-order valence-electron chi connectivity index (χ0n) is 14.7.